The third kappa shape index (κ3) is 9.62. The maximum Gasteiger partial charge on any atom is 0.511 e. The molecule has 0 aliphatic heterocycles. The van der Waals surface area contributed by atoms with Crippen LogP contribution in [0.3, 0.4) is 0 Å². The molecule has 5 rings (SSSR count). The van der Waals surface area contributed by atoms with Crippen molar-refractivity contribution in [1.82, 2.24) is 4.98 Å². The number of aliphatic carboxylic acids is 1. The molecule has 0 aliphatic carbocycles. The second-order valence-electron chi connectivity index (χ2n) is 15.0. The fraction of sp³-hybridized carbons (Fsp3) is 0.273. The lowest BCUT2D eigenvalue weighted by Gasteiger charge is -2.44. The Hall–Kier alpha value is -4.77. The van der Waals surface area contributed by atoms with E-state index in [0.29, 0.717) is 5.56 Å². The SMILES string of the molecule is CC(C)(C)c1nc(-c2ccccc2)cc(-c2ccc(F)cc2)c1C#CCO[P+](=O)CC(CC(=O)O)O[Si](c1ccccc1)(c1ccccc1)C(C)(C)C. The molecule has 53 heavy (non-hydrogen) atoms. The Bertz CT molecular complexity index is 2050. The van der Waals surface area contributed by atoms with E-state index in [9.17, 15) is 18.9 Å². The van der Waals surface area contributed by atoms with Gasteiger partial charge in [0.15, 0.2) is 6.61 Å². The van der Waals surface area contributed by atoms with Gasteiger partial charge in [0.05, 0.1) is 23.4 Å². The fourth-order valence-electron chi connectivity index (χ4n) is 6.56. The minimum Gasteiger partial charge on any atom is -0.481 e. The first-order chi connectivity index (χ1) is 25.2. The first kappa shape index (κ1) is 39.4. The second-order valence-corrected chi connectivity index (χ2v) is 20.5. The lowest BCUT2D eigenvalue weighted by Crippen LogP contribution is -2.68. The molecule has 0 radical (unpaired) electrons. The highest BCUT2D eigenvalue weighted by molar-refractivity contribution is 7.39. The quantitative estimate of drug-likeness (QED) is 0.0779. The Kier molecular flexibility index (Phi) is 12.6. The monoisotopic (exact) mass is 746 g/mol. The Morgan fingerprint density at radius 3 is 1.89 bits per heavy atom. The van der Waals surface area contributed by atoms with Crippen molar-refractivity contribution in [2.24, 2.45) is 0 Å². The number of hydrogen-bond donors (Lipinski definition) is 1. The zero-order valence-electron chi connectivity index (χ0n) is 31.1. The topological polar surface area (TPSA) is 85.7 Å². The van der Waals surface area contributed by atoms with Crippen molar-refractivity contribution in [3.8, 4) is 34.2 Å². The molecular formula is C44H46FNO5PSi+. The summed E-state index contributed by atoms with van der Waals surface area (Å²) in [6.07, 6.45) is -1.34. The predicted molar refractivity (Wildman–Crippen MR) is 214 cm³/mol. The number of nitrogens with zero attached hydrogens (tertiary/aromatic N) is 1. The van der Waals surface area contributed by atoms with E-state index in [-0.39, 0.29) is 25.0 Å². The van der Waals surface area contributed by atoms with E-state index < -0.39 is 38.9 Å². The van der Waals surface area contributed by atoms with Crippen molar-refractivity contribution in [2.75, 3.05) is 12.8 Å². The molecule has 0 saturated heterocycles. The average molecular weight is 747 g/mol. The van der Waals surface area contributed by atoms with Crippen LogP contribution in [0.2, 0.25) is 5.04 Å². The molecule has 272 valence electrons. The van der Waals surface area contributed by atoms with Gasteiger partial charge >= 0.3 is 14.0 Å². The van der Waals surface area contributed by atoms with Crippen LogP contribution in [0.25, 0.3) is 22.4 Å². The molecule has 1 heterocycles. The number of hydrogen-bond acceptors (Lipinski definition) is 5. The van der Waals surface area contributed by atoms with Crippen molar-refractivity contribution in [3.63, 3.8) is 0 Å². The predicted octanol–water partition coefficient (Wildman–Crippen LogP) is 9.38. The van der Waals surface area contributed by atoms with Gasteiger partial charge in [-0.3, -0.25) is 9.78 Å². The Morgan fingerprint density at radius 1 is 0.830 bits per heavy atom. The van der Waals surface area contributed by atoms with Crippen molar-refractivity contribution in [3.05, 3.63) is 138 Å². The number of carboxylic acids is 1. The third-order valence-electron chi connectivity index (χ3n) is 8.96. The van der Waals surface area contributed by atoms with E-state index >= 15 is 0 Å². The second kappa shape index (κ2) is 16.9. The van der Waals surface area contributed by atoms with E-state index in [4.69, 9.17) is 13.9 Å². The molecule has 2 unspecified atom stereocenters. The maximum atomic E-state index is 14.0. The van der Waals surface area contributed by atoms with Gasteiger partial charge in [-0.25, -0.2) is 4.39 Å². The minimum atomic E-state index is -3.13. The van der Waals surface area contributed by atoms with Crippen molar-refractivity contribution in [1.29, 1.82) is 0 Å². The lowest BCUT2D eigenvalue weighted by atomic mass is 9.84. The Morgan fingerprint density at radius 2 is 1.38 bits per heavy atom. The highest BCUT2D eigenvalue weighted by atomic mass is 31.1. The summed E-state index contributed by atoms with van der Waals surface area (Å²) >= 11 is 0. The molecule has 9 heteroatoms. The molecule has 5 aromatic rings. The molecular weight excluding hydrogens is 701 g/mol. The summed E-state index contributed by atoms with van der Waals surface area (Å²) < 4.78 is 40.4. The zero-order chi connectivity index (χ0) is 38.2. The minimum absolute atomic E-state index is 0.116. The smallest absolute Gasteiger partial charge is 0.481 e. The molecule has 0 amide bonds. The number of pyridine rings is 1. The number of halogens is 1. The summed E-state index contributed by atoms with van der Waals surface area (Å²) in [5.74, 6) is 4.90. The zero-order valence-corrected chi connectivity index (χ0v) is 33.0. The molecule has 0 spiro atoms. The molecule has 1 N–H and O–H groups in total. The first-order valence-corrected chi connectivity index (χ1v) is 20.9. The van der Waals surface area contributed by atoms with Crippen LogP contribution in [-0.4, -0.2) is 43.2 Å². The summed E-state index contributed by atoms with van der Waals surface area (Å²) in [5.41, 5.74) is 4.31. The van der Waals surface area contributed by atoms with Crippen molar-refractivity contribution >= 4 is 32.7 Å². The van der Waals surface area contributed by atoms with Crippen LogP contribution >= 0.6 is 8.03 Å². The maximum absolute atomic E-state index is 14.0. The number of carbonyl (C=O) groups is 1. The van der Waals surface area contributed by atoms with Gasteiger partial charge in [-0.1, -0.05) is 157 Å². The number of aromatic nitrogens is 1. The van der Waals surface area contributed by atoms with E-state index in [1.807, 2.05) is 97.1 Å². The summed E-state index contributed by atoms with van der Waals surface area (Å²) in [6, 6.07) is 37.9. The molecule has 0 aliphatic rings. The van der Waals surface area contributed by atoms with Gasteiger partial charge < -0.3 is 9.53 Å². The van der Waals surface area contributed by atoms with Gasteiger partial charge in [-0.2, -0.15) is 0 Å². The number of rotatable bonds is 12. The molecule has 0 saturated carbocycles. The molecule has 1 aromatic heterocycles. The highest BCUT2D eigenvalue weighted by Crippen LogP contribution is 2.39. The largest absolute Gasteiger partial charge is 0.511 e. The summed E-state index contributed by atoms with van der Waals surface area (Å²) in [5, 5.41) is 11.5. The fourth-order valence-corrected chi connectivity index (χ4v) is 12.2. The molecule has 0 fully saturated rings. The summed E-state index contributed by atoms with van der Waals surface area (Å²) in [7, 11) is -5.48. The van der Waals surface area contributed by atoms with E-state index in [2.05, 4.69) is 53.4 Å². The van der Waals surface area contributed by atoms with Gasteiger partial charge in [-0.15, -0.1) is 4.52 Å². The van der Waals surface area contributed by atoms with Gasteiger partial charge in [0.25, 0.3) is 8.32 Å². The Labute approximate surface area is 314 Å². The summed E-state index contributed by atoms with van der Waals surface area (Å²) in [4.78, 5) is 17.2. The average Bonchev–Trinajstić information content (AvgIpc) is 3.12. The van der Waals surface area contributed by atoms with Gasteiger partial charge in [0.1, 0.15) is 11.9 Å². The van der Waals surface area contributed by atoms with Crippen LogP contribution in [0, 0.1) is 17.7 Å². The molecule has 0 bridgehead atoms. The van der Waals surface area contributed by atoms with Crippen LogP contribution in [0.1, 0.15) is 59.2 Å². The molecule has 6 nitrogen and oxygen atoms in total. The number of benzene rings is 4. The van der Waals surface area contributed by atoms with Gasteiger partial charge in [0, 0.05) is 16.5 Å². The van der Waals surface area contributed by atoms with Gasteiger partial charge in [0.2, 0.25) is 6.16 Å². The first-order valence-electron chi connectivity index (χ1n) is 17.6. The van der Waals surface area contributed by atoms with E-state index in [1.54, 1.807) is 12.1 Å². The van der Waals surface area contributed by atoms with Crippen LogP contribution < -0.4 is 10.4 Å². The van der Waals surface area contributed by atoms with Crippen LogP contribution in [0.15, 0.2) is 121 Å². The van der Waals surface area contributed by atoms with Crippen LogP contribution in [0.4, 0.5) is 4.39 Å². The van der Waals surface area contributed by atoms with E-state index in [1.165, 1.54) is 12.1 Å². The number of carboxylic acid groups (broad SMARTS) is 1. The summed E-state index contributed by atoms with van der Waals surface area (Å²) in [6.45, 7) is 12.3. The lowest BCUT2D eigenvalue weighted by molar-refractivity contribution is -0.138. The van der Waals surface area contributed by atoms with Crippen LogP contribution in [-0.2, 0) is 23.7 Å². The molecule has 4 aromatic carbocycles. The standard InChI is InChI=1S/C44H45FNO5PSi/c1-43(2,3)42-38(39(32-24-26-34(45)27-25-32)30-40(46-42)33-17-10-7-11-18-33)23-16-28-50-52(49)31-35(29-41(47)48)51-53(44(4,5)6,36-19-12-8-13-20-36)37-21-14-9-15-22-37/h7-15,17-22,24-27,30,35H,28-29,31H2,1-6H3/p+1. The third-order valence-corrected chi connectivity index (χ3v) is 15.2. The van der Waals surface area contributed by atoms with E-state index in [0.717, 1.165) is 38.5 Å². The Balaban J connectivity index is 1.45. The highest BCUT2D eigenvalue weighted by Gasteiger charge is 2.52. The van der Waals surface area contributed by atoms with Crippen LogP contribution in [0.5, 0.6) is 0 Å². The molecule has 2 atom stereocenters. The van der Waals surface area contributed by atoms with Crippen molar-refractivity contribution in [2.45, 2.75) is 64.5 Å². The van der Waals surface area contributed by atoms with Crippen molar-refractivity contribution < 1.29 is 27.8 Å². The normalized spacial score (nSPS) is 12.8. The van der Waals surface area contributed by atoms with Gasteiger partial charge in [-0.05, 0) is 43.7 Å².